The van der Waals surface area contributed by atoms with Gasteiger partial charge in [0.1, 0.15) is 19.8 Å². The predicted molar refractivity (Wildman–Crippen MR) is 106 cm³/mol. The molecule has 0 spiro atoms. The topological polar surface area (TPSA) is 101 Å². The number of aromatic nitrogens is 2. The summed E-state index contributed by atoms with van der Waals surface area (Å²) < 4.78 is 22.8. The van der Waals surface area contributed by atoms with Crippen LogP contribution in [0.25, 0.3) is 11.3 Å². The zero-order valence-electron chi connectivity index (χ0n) is 15.8. The Morgan fingerprint density at radius 2 is 1.63 bits per heavy atom. The third-order valence-corrected chi connectivity index (χ3v) is 4.65. The number of anilines is 1. The van der Waals surface area contributed by atoms with Crippen LogP contribution in [0, 0.1) is 0 Å². The maximum absolute atomic E-state index is 12.5. The zero-order valence-corrected chi connectivity index (χ0v) is 15.8. The third-order valence-electron chi connectivity index (χ3n) is 4.65. The molecule has 152 valence electrons. The molecule has 0 atom stereocenters. The second kappa shape index (κ2) is 7.43. The van der Waals surface area contributed by atoms with Crippen molar-refractivity contribution < 1.29 is 23.7 Å². The van der Waals surface area contributed by atoms with Gasteiger partial charge in [-0.1, -0.05) is 0 Å². The summed E-state index contributed by atoms with van der Waals surface area (Å²) in [4.78, 5) is 24.7. The molecular weight excluding hydrogens is 390 g/mol. The van der Waals surface area contributed by atoms with Crippen molar-refractivity contribution in [3.05, 3.63) is 58.9 Å². The van der Waals surface area contributed by atoms with Crippen molar-refractivity contribution in [2.45, 2.75) is 6.54 Å². The summed E-state index contributed by atoms with van der Waals surface area (Å²) in [5, 5.41) is 7.07. The van der Waals surface area contributed by atoms with Crippen molar-refractivity contribution in [2.75, 3.05) is 25.3 Å². The van der Waals surface area contributed by atoms with E-state index in [1.165, 1.54) is 6.07 Å². The van der Waals surface area contributed by atoms with Gasteiger partial charge in [0.15, 0.2) is 23.0 Å². The first-order valence-corrected chi connectivity index (χ1v) is 9.33. The fourth-order valence-electron chi connectivity index (χ4n) is 3.23. The lowest BCUT2D eigenvalue weighted by Crippen LogP contribution is -2.29. The highest BCUT2D eigenvalue weighted by Gasteiger charge is 2.16. The summed E-state index contributed by atoms with van der Waals surface area (Å²) in [5.41, 5.74) is 1.46. The van der Waals surface area contributed by atoms with Gasteiger partial charge >= 0.3 is 0 Å². The number of carbonyl (C=O) groups excluding carboxylic acids is 1. The van der Waals surface area contributed by atoms with Gasteiger partial charge in [-0.05, 0) is 36.4 Å². The monoisotopic (exact) mass is 407 g/mol. The average molecular weight is 407 g/mol. The predicted octanol–water partition coefficient (Wildman–Crippen LogP) is 2.05. The summed E-state index contributed by atoms with van der Waals surface area (Å²) in [5.74, 6) is 2.09. The van der Waals surface area contributed by atoms with Gasteiger partial charge in [0, 0.05) is 23.4 Å². The SMILES string of the molecule is O=C(Cn1nc(-c2ccc3c(c2)OCO3)ccc1=O)Nc1ccc2c(c1)OCCO2. The van der Waals surface area contributed by atoms with E-state index in [-0.39, 0.29) is 24.8 Å². The van der Waals surface area contributed by atoms with Crippen molar-refractivity contribution in [3.63, 3.8) is 0 Å². The van der Waals surface area contributed by atoms with Gasteiger partial charge in [-0.3, -0.25) is 9.59 Å². The number of amides is 1. The van der Waals surface area contributed by atoms with E-state index in [1.807, 2.05) is 6.07 Å². The van der Waals surface area contributed by atoms with Crippen molar-refractivity contribution in [3.8, 4) is 34.3 Å². The summed E-state index contributed by atoms with van der Waals surface area (Å²) in [7, 11) is 0. The van der Waals surface area contributed by atoms with Crippen LogP contribution in [0.3, 0.4) is 0 Å². The fourth-order valence-corrected chi connectivity index (χ4v) is 3.23. The molecule has 9 heteroatoms. The Morgan fingerprint density at radius 1 is 0.900 bits per heavy atom. The Balaban J connectivity index is 1.34. The van der Waals surface area contributed by atoms with E-state index < -0.39 is 0 Å². The highest BCUT2D eigenvalue weighted by Crippen LogP contribution is 2.35. The van der Waals surface area contributed by atoms with Crippen LogP contribution in [0.5, 0.6) is 23.0 Å². The minimum Gasteiger partial charge on any atom is -0.486 e. The smallest absolute Gasteiger partial charge is 0.267 e. The maximum atomic E-state index is 12.5. The minimum absolute atomic E-state index is 0.172. The lowest BCUT2D eigenvalue weighted by Gasteiger charge is -2.19. The van der Waals surface area contributed by atoms with Crippen LogP contribution in [0.15, 0.2) is 53.3 Å². The number of benzene rings is 2. The van der Waals surface area contributed by atoms with Crippen LogP contribution in [0.2, 0.25) is 0 Å². The average Bonchev–Trinajstić information content (AvgIpc) is 3.23. The molecule has 0 saturated heterocycles. The normalized spacial score (nSPS) is 13.7. The summed E-state index contributed by atoms with van der Waals surface area (Å²) in [6, 6.07) is 13.5. The van der Waals surface area contributed by atoms with Crippen molar-refractivity contribution in [2.24, 2.45) is 0 Å². The summed E-state index contributed by atoms with van der Waals surface area (Å²) in [6.07, 6.45) is 0. The number of hydrogen-bond donors (Lipinski definition) is 1. The van der Waals surface area contributed by atoms with E-state index in [1.54, 1.807) is 36.4 Å². The van der Waals surface area contributed by atoms with Crippen molar-refractivity contribution in [1.82, 2.24) is 9.78 Å². The molecule has 2 aliphatic rings. The Bertz CT molecular complexity index is 1190. The number of hydrogen-bond acceptors (Lipinski definition) is 7. The molecular formula is C21H17N3O6. The first kappa shape index (κ1) is 18.0. The first-order chi connectivity index (χ1) is 14.7. The van der Waals surface area contributed by atoms with Crippen LogP contribution in [-0.2, 0) is 11.3 Å². The minimum atomic E-state index is -0.385. The highest BCUT2D eigenvalue weighted by atomic mass is 16.7. The molecule has 1 amide bonds. The van der Waals surface area contributed by atoms with Gasteiger partial charge in [0.25, 0.3) is 5.56 Å². The molecule has 3 aromatic rings. The maximum Gasteiger partial charge on any atom is 0.267 e. The number of nitrogens with one attached hydrogen (secondary N) is 1. The molecule has 0 unspecified atom stereocenters. The molecule has 0 fully saturated rings. The fraction of sp³-hybridized carbons (Fsp3) is 0.190. The van der Waals surface area contributed by atoms with E-state index >= 15 is 0 Å². The largest absolute Gasteiger partial charge is 0.486 e. The number of fused-ring (bicyclic) bond motifs is 2. The molecule has 9 nitrogen and oxygen atoms in total. The molecule has 0 bridgehead atoms. The lowest BCUT2D eigenvalue weighted by atomic mass is 10.1. The molecule has 0 saturated carbocycles. The molecule has 1 aromatic heterocycles. The highest BCUT2D eigenvalue weighted by molar-refractivity contribution is 5.90. The first-order valence-electron chi connectivity index (χ1n) is 9.33. The van der Waals surface area contributed by atoms with Crippen LogP contribution >= 0.6 is 0 Å². The van der Waals surface area contributed by atoms with E-state index in [4.69, 9.17) is 18.9 Å². The Labute approximate surface area is 170 Å². The Morgan fingerprint density at radius 3 is 2.53 bits per heavy atom. The van der Waals surface area contributed by atoms with Crippen LogP contribution in [0.4, 0.5) is 5.69 Å². The summed E-state index contributed by atoms with van der Waals surface area (Å²) in [6.45, 7) is 0.890. The van der Waals surface area contributed by atoms with Gasteiger partial charge in [-0.15, -0.1) is 0 Å². The molecule has 0 radical (unpaired) electrons. The van der Waals surface area contributed by atoms with Crippen molar-refractivity contribution in [1.29, 1.82) is 0 Å². The quantitative estimate of drug-likeness (QED) is 0.706. The molecule has 2 aromatic carbocycles. The molecule has 5 rings (SSSR count). The van der Waals surface area contributed by atoms with Gasteiger partial charge in [0.05, 0.1) is 5.69 Å². The standard InChI is InChI=1S/C21H17N3O6/c25-20(22-14-2-5-16-19(10-14)28-8-7-27-16)11-24-21(26)6-3-15(23-24)13-1-4-17-18(9-13)30-12-29-17/h1-6,9-10H,7-8,11-12H2,(H,22,25). The zero-order chi connectivity index (χ0) is 20.5. The third kappa shape index (κ3) is 3.52. The van der Waals surface area contributed by atoms with E-state index in [0.29, 0.717) is 47.6 Å². The molecule has 0 aliphatic carbocycles. The second-order valence-corrected chi connectivity index (χ2v) is 6.69. The van der Waals surface area contributed by atoms with E-state index in [9.17, 15) is 9.59 Å². The van der Waals surface area contributed by atoms with Crippen LogP contribution in [0.1, 0.15) is 0 Å². The van der Waals surface area contributed by atoms with E-state index in [2.05, 4.69) is 10.4 Å². The molecule has 3 heterocycles. The second-order valence-electron chi connectivity index (χ2n) is 6.69. The number of rotatable bonds is 4. The lowest BCUT2D eigenvalue weighted by molar-refractivity contribution is -0.117. The van der Waals surface area contributed by atoms with Crippen molar-refractivity contribution >= 4 is 11.6 Å². The number of nitrogens with zero attached hydrogens (tertiary/aromatic N) is 2. The summed E-state index contributed by atoms with van der Waals surface area (Å²) >= 11 is 0. The van der Waals surface area contributed by atoms with Gasteiger partial charge in [-0.25, -0.2) is 4.68 Å². The number of carbonyl (C=O) groups is 1. The van der Waals surface area contributed by atoms with Crippen LogP contribution in [-0.4, -0.2) is 35.7 Å². The van der Waals surface area contributed by atoms with Gasteiger partial charge in [-0.2, -0.15) is 5.10 Å². The molecule has 1 N–H and O–H groups in total. The number of ether oxygens (including phenoxy) is 4. The van der Waals surface area contributed by atoms with Crippen LogP contribution < -0.4 is 29.8 Å². The Kier molecular flexibility index (Phi) is 4.47. The molecule has 2 aliphatic heterocycles. The Hall–Kier alpha value is -4.01. The van der Waals surface area contributed by atoms with Gasteiger partial charge in [0.2, 0.25) is 12.7 Å². The van der Waals surface area contributed by atoms with E-state index in [0.717, 1.165) is 10.2 Å². The van der Waals surface area contributed by atoms with Gasteiger partial charge < -0.3 is 24.3 Å². The molecule has 30 heavy (non-hydrogen) atoms.